The second kappa shape index (κ2) is 11.4. The zero-order chi connectivity index (χ0) is 21.2. The van der Waals surface area contributed by atoms with Gasteiger partial charge in [-0.25, -0.2) is 4.99 Å². The number of hydrogen-bond acceptors (Lipinski definition) is 3. The van der Waals surface area contributed by atoms with E-state index >= 15 is 0 Å². The van der Waals surface area contributed by atoms with E-state index in [9.17, 15) is 4.79 Å². The van der Waals surface area contributed by atoms with Crippen LogP contribution in [0.1, 0.15) is 25.1 Å². The molecule has 1 heterocycles. The minimum Gasteiger partial charge on any atom is -0.484 e. The summed E-state index contributed by atoms with van der Waals surface area (Å²) < 4.78 is 7.57. The van der Waals surface area contributed by atoms with E-state index in [2.05, 4.69) is 15.5 Å². The number of amides is 1. The van der Waals surface area contributed by atoms with Crippen LogP contribution in [0.2, 0.25) is 5.02 Å². The molecule has 1 amide bonds. The molecule has 7 nitrogen and oxygen atoms in total. The van der Waals surface area contributed by atoms with Crippen LogP contribution in [0.15, 0.2) is 41.5 Å². The van der Waals surface area contributed by atoms with E-state index in [1.165, 1.54) is 0 Å². The Morgan fingerprint density at radius 1 is 1.24 bits per heavy atom. The van der Waals surface area contributed by atoms with Gasteiger partial charge in [-0.15, -0.1) is 0 Å². The van der Waals surface area contributed by atoms with Crippen LogP contribution < -0.4 is 15.4 Å². The fourth-order valence-electron chi connectivity index (χ4n) is 2.81. The van der Waals surface area contributed by atoms with Gasteiger partial charge >= 0.3 is 0 Å². The molecule has 29 heavy (non-hydrogen) atoms. The van der Waals surface area contributed by atoms with Gasteiger partial charge in [-0.3, -0.25) is 4.79 Å². The lowest BCUT2D eigenvalue weighted by Gasteiger charge is -2.22. The number of carbonyl (C=O) groups is 1. The Balaban J connectivity index is 2.02. The quantitative estimate of drug-likeness (QED) is 0.484. The molecule has 1 aromatic heterocycles. The lowest BCUT2D eigenvalue weighted by atomic mass is 10.2. The summed E-state index contributed by atoms with van der Waals surface area (Å²) in [4.78, 5) is 18.4. The standard InChI is InChI=1S/C21H30ClN5O2/c1-5-23-20(28)15-29-19-9-7-8-16(10-19)12-25-21(24-6-2)27(4)14-18-11-17(22)13-26(18)3/h7-11,13H,5-6,12,14-15H2,1-4H3,(H,23,28)(H,24,25). The summed E-state index contributed by atoms with van der Waals surface area (Å²) in [5, 5.41) is 6.75. The molecule has 2 aromatic rings. The number of nitrogens with one attached hydrogen (secondary N) is 2. The van der Waals surface area contributed by atoms with Crippen molar-refractivity contribution in [2.24, 2.45) is 12.0 Å². The monoisotopic (exact) mass is 419 g/mol. The van der Waals surface area contributed by atoms with Crippen molar-refractivity contribution in [1.29, 1.82) is 0 Å². The molecule has 0 atom stereocenters. The Morgan fingerprint density at radius 3 is 2.66 bits per heavy atom. The summed E-state index contributed by atoms with van der Waals surface area (Å²) in [6, 6.07) is 9.59. The van der Waals surface area contributed by atoms with Gasteiger partial charge in [-0.2, -0.15) is 0 Å². The van der Waals surface area contributed by atoms with Crippen LogP contribution in [0.5, 0.6) is 5.75 Å². The Morgan fingerprint density at radius 2 is 2.00 bits per heavy atom. The van der Waals surface area contributed by atoms with Crippen LogP contribution in [0.3, 0.4) is 0 Å². The fraction of sp³-hybridized carbons (Fsp3) is 0.429. The zero-order valence-corrected chi connectivity index (χ0v) is 18.3. The number of hydrogen-bond donors (Lipinski definition) is 2. The first-order chi connectivity index (χ1) is 13.9. The highest BCUT2D eigenvalue weighted by Gasteiger charge is 2.10. The van der Waals surface area contributed by atoms with Gasteiger partial charge in [0.15, 0.2) is 12.6 Å². The molecule has 0 spiro atoms. The molecule has 0 saturated heterocycles. The Bertz CT molecular complexity index is 834. The number of carbonyl (C=O) groups excluding carboxylic acids is 1. The van der Waals surface area contributed by atoms with E-state index in [1.54, 1.807) is 0 Å². The Kier molecular flexibility index (Phi) is 8.86. The topological polar surface area (TPSA) is 70.9 Å². The molecule has 0 bridgehead atoms. The molecule has 158 valence electrons. The van der Waals surface area contributed by atoms with E-state index in [4.69, 9.17) is 21.3 Å². The van der Waals surface area contributed by atoms with Crippen molar-refractivity contribution in [1.82, 2.24) is 20.1 Å². The molecule has 1 aromatic carbocycles. The number of aryl methyl sites for hydroxylation is 1. The number of likely N-dealkylation sites (N-methyl/N-ethyl adjacent to an activating group) is 1. The van der Waals surface area contributed by atoms with Crippen molar-refractivity contribution in [3.05, 3.63) is 52.8 Å². The molecule has 0 aliphatic heterocycles. The van der Waals surface area contributed by atoms with E-state index < -0.39 is 0 Å². The number of aliphatic imine (C=N–C) groups is 1. The predicted molar refractivity (Wildman–Crippen MR) is 117 cm³/mol. The lowest BCUT2D eigenvalue weighted by Crippen LogP contribution is -2.38. The third-order valence-electron chi connectivity index (χ3n) is 4.22. The van der Waals surface area contributed by atoms with Crippen molar-refractivity contribution in [3.63, 3.8) is 0 Å². The molecule has 2 rings (SSSR count). The number of benzene rings is 1. The Labute approximate surface area is 177 Å². The fourth-order valence-corrected chi connectivity index (χ4v) is 3.08. The van der Waals surface area contributed by atoms with Crippen molar-refractivity contribution >= 4 is 23.5 Å². The van der Waals surface area contributed by atoms with Gasteiger partial charge in [0, 0.05) is 39.1 Å². The molecule has 0 saturated carbocycles. The van der Waals surface area contributed by atoms with E-state index in [0.29, 0.717) is 25.4 Å². The third kappa shape index (κ3) is 7.34. The van der Waals surface area contributed by atoms with Crippen LogP contribution in [-0.2, 0) is 24.9 Å². The maximum absolute atomic E-state index is 11.6. The molecule has 0 aliphatic rings. The van der Waals surface area contributed by atoms with Crippen molar-refractivity contribution in [3.8, 4) is 5.75 Å². The van der Waals surface area contributed by atoms with Gasteiger partial charge in [0.2, 0.25) is 0 Å². The number of rotatable bonds is 9. The number of guanidine groups is 1. The highest BCUT2D eigenvalue weighted by atomic mass is 35.5. The van der Waals surface area contributed by atoms with E-state index in [-0.39, 0.29) is 12.5 Å². The third-order valence-corrected chi connectivity index (χ3v) is 4.43. The largest absolute Gasteiger partial charge is 0.484 e. The van der Waals surface area contributed by atoms with Gasteiger partial charge in [0.25, 0.3) is 5.91 Å². The molecule has 0 radical (unpaired) electrons. The number of ether oxygens (including phenoxy) is 1. The number of nitrogens with zero attached hydrogens (tertiary/aromatic N) is 3. The van der Waals surface area contributed by atoms with Crippen molar-refractivity contribution in [2.45, 2.75) is 26.9 Å². The lowest BCUT2D eigenvalue weighted by molar-refractivity contribution is -0.122. The van der Waals surface area contributed by atoms with Crippen LogP contribution in [0.4, 0.5) is 0 Å². The van der Waals surface area contributed by atoms with Gasteiger partial charge in [0.05, 0.1) is 18.1 Å². The first-order valence-corrected chi connectivity index (χ1v) is 10.1. The van der Waals surface area contributed by atoms with Gasteiger partial charge in [-0.1, -0.05) is 23.7 Å². The summed E-state index contributed by atoms with van der Waals surface area (Å²) in [7, 11) is 3.97. The molecule has 0 aliphatic carbocycles. The molecule has 0 unspecified atom stereocenters. The molecule has 8 heteroatoms. The smallest absolute Gasteiger partial charge is 0.257 e. The first-order valence-electron chi connectivity index (χ1n) is 9.71. The maximum Gasteiger partial charge on any atom is 0.257 e. The van der Waals surface area contributed by atoms with Crippen LogP contribution >= 0.6 is 11.6 Å². The summed E-state index contributed by atoms with van der Waals surface area (Å²) in [5.74, 6) is 1.33. The number of halogens is 1. The maximum atomic E-state index is 11.6. The average molecular weight is 420 g/mol. The van der Waals surface area contributed by atoms with E-state index in [0.717, 1.165) is 28.8 Å². The first kappa shape index (κ1) is 22.6. The minimum absolute atomic E-state index is 0.00512. The molecule has 0 fully saturated rings. The highest BCUT2D eigenvalue weighted by Crippen LogP contribution is 2.16. The van der Waals surface area contributed by atoms with E-state index in [1.807, 2.05) is 69.0 Å². The Hall–Kier alpha value is -2.67. The summed E-state index contributed by atoms with van der Waals surface area (Å²) in [6.07, 6.45) is 1.89. The van der Waals surface area contributed by atoms with Gasteiger partial charge in [-0.05, 0) is 37.6 Å². The minimum atomic E-state index is -0.132. The average Bonchev–Trinajstić information content (AvgIpc) is 3.00. The second-order valence-corrected chi connectivity index (χ2v) is 7.11. The second-order valence-electron chi connectivity index (χ2n) is 6.68. The van der Waals surface area contributed by atoms with Gasteiger partial charge in [0.1, 0.15) is 5.75 Å². The zero-order valence-electron chi connectivity index (χ0n) is 17.5. The van der Waals surface area contributed by atoms with Gasteiger partial charge < -0.3 is 24.8 Å². The summed E-state index contributed by atoms with van der Waals surface area (Å²) in [6.45, 7) is 6.47. The summed E-state index contributed by atoms with van der Waals surface area (Å²) >= 11 is 6.09. The van der Waals surface area contributed by atoms with Crippen LogP contribution in [-0.4, -0.2) is 48.1 Å². The van der Waals surface area contributed by atoms with Crippen LogP contribution in [0.25, 0.3) is 0 Å². The molecular formula is C21H30ClN5O2. The SMILES string of the molecule is CCNC(=O)COc1cccc(CN=C(NCC)N(C)Cc2cc(Cl)cn2C)c1. The molecular weight excluding hydrogens is 390 g/mol. The predicted octanol–water partition coefficient (Wildman–Crippen LogP) is 2.79. The highest BCUT2D eigenvalue weighted by molar-refractivity contribution is 6.30. The van der Waals surface area contributed by atoms with Crippen molar-refractivity contribution < 1.29 is 9.53 Å². The molecule has 2 N–H and O–H groups in total. The number of aromatic nitrogens is 1. The van der Waals surface area contributed by atoms with Crippen LogP contribution in [0, 0.1) is 0 Å². The summed E-state index contributed by atoms with van der Waals surface area (Å²) in [5.41, 5.74) is 2.10. The normalized spacial score (nSPS) is 11.3. The van der Waals surface area contributed by atoms with Crippen molar-refractivity contribution in [2.75, 3.05) is 26.7 Å².